The second-order valence-corrected chi connectivity index (χ2v) is 1.86. The lowest BCUT2D eigenvalue weighted by Gasteiger charge is -1.97. The second kappa shape index (κ2) is 3.76. The van der Waals surface area contributed by atoms with Gasteiger partial charge in [-0.2, -0.15) is 0 Å². The summed E-state index contributed by atoms with van der Waals surface area (Å²) in [5.41, 5.74) is -0.151. The SMILES string of the molecule is CCC(=O)NC(=O)C(C)=N. The third kappa shape index (κ3) is 2.96. The number of rotatable bonds is 2. The van der Waals surface area contributed by atoms with Gasteiger partial charge in [0.25, 0.3) is 5.91 Å². The zero-order valence-corrected chi connectivity index (χ0v) is 6.02. The molecule has 0 radical (unpaired) electrons. The monoisotopic (exact) mass is 142 g/mol. The lowest BCUT2D eigenvalue weighted by atomic mass is 10.4. The van der Waals surface area contributed by atoms with E-state index in [1.165, 1.54) is 6.92 Å². The molecule has 10 heavy (non-hydrogen) atoms. The van der Waals surface area contributed by atoms with Crippen molar-refractivity contribution in [2.45, 2.75) is 20.3 Å². The van der Waals surface area contributed by atoms with Gasteiger partial charge in [0.1, 0.15) is 0 Å². The Labute approximate surface area is 59.1 Å². The molecule has 4 nitrogen and oxygen atoms in total. The molecular formula is C6H10N2O2. The molecule has 0 atom stereocenters. The summed E-state index contributed by atoms with van der Waals surface area (Å²) in [6.07, 6.45) is 0.263. The molecule has 56 valence electrons. The van der Waals surface area contributed by atoms with Gasteiger partial charge < -0.3 is 0 Å². The van der Waals surface area contributed by atoms with E-state index >= 15 is 0 Å². The molecule has 0 aromatic carbocycles. The summed E-state index contributed by atoms with van der Waals surface area (Å²) >= 11 is 0. The number of carbonyl (C=O) groups excluding carboxylic acids is 2. The van der Waals surface area contributed by atoms with Crippen molar-refractivity contribution in [1.82, 2.24) is 5.32 Å². The maximum Gasteiger partial charge on any atom is 0.271 e. The van der Waals surface area contributed by atoms with Crippen molar-refractivity contribution in [2.75, 3.05) is 0 Å². The number of nitrogens with one attached hydrogen (secondary N) is 2. The lowest BCUT2D eigenvalue weighted by molar-refractivity contribution is -0.127. The van der Waals surface area contributed by atoms with Gasteiger partial charge in [0.15, 0.2) is 0 Å². The Morgan fingerprint density at radius 3 is 2.30 bits per heavy atom. The van der Waals surface area contributed by atoms with E-state index in [1.807, 2.05) is 5.32 Å². The fourth-order valence-corrected chi connectivity index (χ4v) is 0.309. The molecule has 0 aliphatic rings. The lowest BCUT2D eigenvalue weighted by Crippen LogP contribution is -2.33. The fraction of sp³-hybridized carbons (Fsp3) is 0.500. The molecule has 0 unspecified atom stereocenters. The normalized spacial score (nSPS) is 8.60. The first-order chi connectivity index (χ1) is 4.57. The molecule has 2 N–H and O–H groups in total. The van der Waals surface area contributed by atoms with Gasteiger partial charge in [-0.15, -0.1) is 0 Å². The average Bonchev–Trinajstić information content (AvgIpc) is 1.87. The first kappa shape index (κ1) is 8.81. The highest BCUT2D eigenvalue weighted by atomic mass is 16.2. The first-order valence-electron chi connectivity index (χ1n) is 2.97. The Balaban J connectivity index is 3.80. The first-order valence-corrected chi connectivity index (χ1v) is 2.97. The Morgan fingerprint density at radius 2 is 2.00 bits per heavy atom. The van der Waals surface area contributed by atoms with Gasteiger partial charge in [-0.05, 0) is 6.92 Å². The molecule has 0 heterocycles. The van der Waals surface area contributed by atoms with Crippen molar-refractivity contribution >= 4 is 17.5 Å². The van der Waals surface area contributed by atoms with Crippen molar-refractivity contribution in [3.63, 3.8) is 0 Å². The molecule has 0 saturated heterocycles. The van der Waals surface area contributed by atoms with E-state index in [1.54, 1.807) is 6.92 Å². The third-order valence-corrected chi connectivity index (χ3v) is 0.915. The summed E-state index contributed by atoms with van der Waals surface area (Å²) in [4.78, 5) is 21.1. The molecule has 2 amide bonds. The molecule has 0 aliphatic carbocycles. The van der Waals surface area contributed by atoms with Gasteiger partial charge in [-0.3, -0.25) is 20.3 Å². The van der Waals surface area contributed by atoms with Crippen LogP contribution >= 0.6 is 0 Å². The van der Waals surface area contributed by atoms with Crippen LogP contribution in [-0.2, 0) is 9.59 Å². The number of hydrogen-bond donors (Lipinski definition) is 2. The highest BCUT2D eigenvalue weighted by molar-refractivity contribution is 6.39. The third-order valence-electron chi connectivity index (χ3n) is 0.915. The zero-order valence-electron chi connectivity index (χ0n) is 6.02. The van der Waals surface area contributed by atoms with Crippen LogP contribution in [-0.4, -0.2) is 17.5 Å². The molecule has 0 rings (SSSR count). The van der Waals surface area contributed by atoms with E-state index in [4.69, 9.17) is 5.41 Å². The molecule has 0 aromatic heterocycles. The topological polar surface area (TPSA) is 70.0 Å². The van der Waals surface area contributed by atoms with Crippen LogP contribution in [0.3, 0.4) is 0 Å². The minimum atomic E-state index is -0.619. The summed E-state index contributed by atoms with van der Waals surface area (Å²) < 4.78 is 0. The summed E-state index contributed by atoms with van der Waals surface area (Å²) in [7, 11) is 0. The van der Waals surface area contributed by atoms with E-state index in [-0.39, 0.29) is 18.0 Å². The molecule has 0 fully saturated rings. The van der Waals surface area contributed by atoms with Crippen LogP contribution in [0, 0.1) is 5.41 Å². The summed E-state index contributed by atoms with van der Waals surface area (Å²) in [5.74, 6) is -0.969. The standard InChI is InChI=1S/C6H10N2O2/c1-3-5(9)8-6(10)4(2)7/h7H,3H2,1-2H3,(H,8,9,10). The molecule has 0 bridgehead atoms. The Kier molecular flexibility index (Phi) is 3.32. The number of carbonyl (C=O) groups is 2. The highest BCUT2D eigenvalue weighted by Gasteiger charge is 2.05. The molecule has 0 aliphatic heterocycles. The highest BCUT2D eigenvalue weighted by Crippen LogP contribution is 1.76. The van der Waals surface area contributed by atoms with E-state index in [9.17, 15) is 9.59 Å². The molecule has 0 aromatic rings. The van der Waals surface area contributed by atoms with E-state index in [0.717, 1.165) is 0 Å². The number of imide groups is 1. The van der Waals surface area contributed by atoms with Crippen molar-refractivity contribution in [3.8, 4) is 0 Å². The molecule has 0 saturated carbocycles. The zero-order chi connectivity index (χ0) is 8.15. The maximum atomic E-state index is 10.6. The van der Waals surface area contributed by atoms with Crippen LogP contribution in [0.1, 0.15) is 20.3 Å². The van der Waals surface area contributed by atoms with Crippen LogP contribution in [0.25, 0.3) is 0 Å². The van der Waals surface area contributed by atoms with Crippen molar-refractivity contribution in [2.24, 2.45) is 0 Å². The largest absolute Gasteiger partial charge is 0.300 e. The van der Waals surface area contributed by atoms with Crippen LogP contribution in [0.15, 0.2) is 0 Å². The molecular weight excluding hydrogens is 132 g/mol. The summed E-state index contributed by atoms with van der Waals surface area (Å²) in [6, 6.07) is 0. The molecule has 4 heteroatoms. The van der Waals surface area contributed by atoms with E-state index < -0.39 is 5.91 Å². The van der Waals surface area contributed by atoms with Gasteiger partial charge in [0.05, 0.1) is 5.71 Å². The smallest absolute Gasteiger partial charge is 0.271 e. The van der Waals surface area contributed by atoms with Crippen LogP contribution in [0.5, 0.6) is 0 Å². The molecule has 0 spiro atoms. The van der Waals surface area contributed by atoms with Gasteiger partial charge in [0.2, 0.25) is 5.91 Å². The number of amides is 2. The quantitative estimate of drug-likeness (QED) is 0.536. The summed E-state index contributed by atoms with van der Waals surface area (Å²) in [5, 5.41) is 8.83. The fourth-order valence-electron chi connectivity index (χ4n) is 0.309. The predicted molar refractivity (Wildman–Crippen MR) is 36.8 cm³/mol. The van der Waals surface area contributed by atoms with E-state index in [0.29, 0.717) is 0 Å². The minimum absolute atomic E-state index is 0.151. The van der Waals surface area contributed by atoms with Gasteiger partial charge in [0, 0.05) is 6.42 Å². The Bertz CT molecular complexity index is 175. The van der Waals surface area contributed by atoms with Crippen LogP contribution in [0.2, 0.25) is 0 Å². The second-order valence-electron chi connectivity index (χ2n) is 1.86. The minimum Gasteiger partial charge on any atom is -0.300 e. The number of hydrogen-bond acceptors (Lipinski definition) is 3. The van der Waals surface area contributed by atoms with Crippen molar-refractivity contribution in [3.05, 3.63) is 0 Å². The van der Waals surface area contributed by atoms with E-state index in [2.05, 4.69) is 0 Å². The average molecular weight is 142 g/mol. The van der Waals surface area contributed by atoms with Crippen LogP contribution < -0.4 is 5.32 Å². The van der Waals surface area contributed by atoms with Crippen molar-refractivity contribution in [1.29, 1.82) is 5.41 Å². The van der Waals surface area contributed by atoms with Gasteiger partial charge >= 0.3 is 0 Å². The van der Waals surface area contributed by atoms with Crippen LogP contribution in [0.4, 0.5) is 0 Å². The maximum absolute atomic E-state index is 10.6. The Hall–Kier alpha value is -1.19. The Morgan fingerprint density at radius 1 is 1.50 bits per heavy atom. The predicted octanol–water partition coefficient (Wildman–Crippen LogP) is 0.0789. The van der Waals surface area contributed by atoms with Crippen molar-refractivity contribution < 1.29 is 9.59 Å². The van der Waals surface area contributed by atoms with Gasteiger partial charge in [-0.1, -0.05) is 6.92 Å². The summed E-state index contributed by atoms with van der Waals surface area (Å²) in [6.45, 7) is 2.97. The van der Waals surface area contributed by atoms with Gasteiger partial charge in [-0.25, -0.2) is 0 Å².